The maximum atomic E-state index is 11.8. The van der Waals surface area contributed by atoms with Crippen LogP contribution in [0.1, 0.15) is 31.0 Å². The van der Waals surface area contributed by atoms with Crippen LogP contribution in [0.5, 0.6) is 0 Å². The Balaban J connectivity index is 1.99. The van der Waals surface area contributed by atoms with Crippen molar-refractivity contribution in [1.29, 1.82) is 0 Å². The number of unbranched alkanes of at least 4 members (excludes halogenated alkanes) is 1. The summed E-state index contributed by atoms with van der Waals surface area (Å²) in [5.74, 6) is -0.397. The van der Waals surface area contributed by atoms with Crippen molar-refractivity contribution in [1.82, 2.24) is 19.8 Å². The average Bonchev–Trinajstić information content (AvgIpc) is 2.82. The lowest BCUT2D eigenvalue weighted by Gasteiger charge is -2.03. The number of carbonyl (C=O) groups is 1. The van der Waals surface area contributed by atoms with E-state index in [1.54, 1.807) is 23.0 Å². The zero-order chi connectivity index (χ0) is 17.5. The topological polar surface area (TPSA) is 81.3 Å². The number of aromatic nitrogens is 3. The minimum absolute atomic E-state index is 0.0977. The van der Waals surface area contributed by atoms with Crippen LogP contribution in [0, 0.1) is 6.92 Å². The zero-order valence-electron chi connectivity index (χ0n) is 13.7. The van der Waals surface area contributed by atoms with Crippen LogP contribution >= 0.6 is 11.6 Å². The minimum Gasteiger partial charge on any atom is -0.306 e. The van der Waals surface area contributed by atoms with Crippen LogP contribution in [0.3, 0.4) is 0 Å². The van der Waals surface area contributed by atoms with Crippen molar-refractivity contribution in [3.8, 4) is 0 Å². The first-order chi connectivity index (χ1) is 11.5. The van der Waals surface area contributed by atoms with Gasteiger partial charge in [0.05, 0.1) is 17.5 Å². The molecule has 2 aromatic heterocycles. The molecule has 2 rings (SSSR count). The highest BCUT2D eigenvalue weighted by Gasteiger charge is 2.11. The van der Waals surface area contributed by atoms with Gasteiger partial charge in [-0.3, -0.25) is 14.3 Å². The van der Waals surface area contributed by atoms with Crippen molar-refractivity contribution in [2.24, 2.45) is 5.10 Å². The summed E-state index contributed by atoms with van der Waals surface area (Å²) < 4.78 is 3.03. The van der Waals surface area contributed by atoms with Crippen molar-refractivity contribution in [2.75, 3.05) is 0 Å². The second-order valence-electron chi connectivity index (χ2n) is 5.33. The van der Waals surface area contributed by atoms with Gasteiger partial charge in [-0.15, -0.1) is 0 Å². The third-order valence-corrected chi connectivity index (χ3v) is 3.83. The van der Waals surface area contributed by atoms with Crippen molar-refractivity contribution >= 4 is 23.7 Å². The maximum Gasteiger partial charge on any atom is 0.260 e. The molecule has 128 valence electrons. The monoisotopic (exact) mass is 349 g/mol. The molecule has 2 aromatic rings. The van der Waals surface area contributed by atoms with E-state index in [-0.39, 0.29) is 12.1 Å². The summed E-state index contributed by atoms with van der Waals surface area (Å²) in [6.07, 6.45) is 5.05. The van der Waals surface area contributed by atoms with E-state index in [1.165, 1.54) is 16.8 Å². The first-order valence-electron chi connectivity index (χ1n) is 7.73. The first-order valence-corrected chi connectivity index (χ1v) is 8.11. The van der Waals surface area contributed by atoms with E-state index in [0.29, 0.717) is 10.7 Å². The number of amides is 1. The first kappa shape index (κ1) is 17.9. The molecular weight excluding hydrogens is 330 g/mol. The van der Waals surface area contributed by atoms with Crippen LogP contribution in [0.25, 0.3) is 0 Å². The SMILES string of the molecule is CCCCn1nc(C)c(/C=N\NC(=O)Cn2ccccc2=O)c1Cl. The molecule has 0 unspecified atom stereocenters. The van der Waals surface area contributed by atoms with Gasteiger partial charge in [0, 0.05) is 18.8 Å². The molecule has 24 heavy (non-hydrogen) atoms. The number of halogens is 1. The largest absolute Gasteiger partial charge is 0.306 e. The van der Waals surface area contributed by atoms with Crippen LogP contribution < -0.4 is 11.0 Å². The van der Waals surface area contributed by atoms with Gasteiger partial charge in [0.1, 0.15) is 11.7 Å². The van der Waals surface area contributed by atoms with Crippen molar-refractivity contribution in [3.63, 3.8) is 0 Å². The molecule has 8 heteroatoms. The Morgan fingerprint density at radius 3 is 2.96 bits per heavy atom. The standard InChI is InChI=1S/C16H20ClN5O2/c1-3-4-9-22-16(17)13(12(2)20-22)10-18-19-14(23)11-21-8-6-5-7-15(21)24/h5-8,10H,3-4,9,11H2,1-2H3,(H,19,23)/b18-10-. The van der Waals surface area contributed by atoms with E-state index in [2.05, 4.69) is 22.5 Å². The van der Waals surface area contributed by atoms with Gasteiger partial charge in [0.2, 0.25) is 0 Å². The molecule has 2 heterocycles. The van der Waals surface area contributed by atoms with Crippen molar-refractivity contribution < 1.29 is 4.79 Å². The summed E-state index contributed by atoms with van der Waals surface area (Å²) in [7, 11) is 0. The highest BCUT2D eigenvalue weighted by molar-refractivity contribution is 6.32. The highest BCUT2D eigenvalue weighted by Crippen LogP contribution is 2.18. The number of carbonyl (C=O) groups excluding carboxylic acids is 1. The van der Waals surface area contributed by atoms with Crippen molar-refractivity contribution in [2.45, 2.75) is 39.8 Å². The number of nitrogens with one attached hydrogen (secondary N) is 1. The Labute approximate surface area is 144 Å². The summed E-state index contributed by atoms with van der Waals surface area (Å²) >= 11 is 6.28. The van der Waals surface area contributed by atoms with Gasteiger partial charge in [-0.2, -0.15) is 10.2 Å². The third-order valence-electron chi connectivity index (χ3n) is 3.43. The van der Waals surface area contributed by atoms with E-state index in [1.807, 2.05) is 6.92 Å². The second kappa shape index (κ2) is 8.44. The Kier molecular flexibility index (Phi) is 6.31. The van der Waals surface area contributed by atoms with Crippen LogP contribution in [0.4, 0.5) is 0 Å². The average molecular weight is 350 g/mol. The van der Waals surface area contributed by atoms with Gasteiger partial charge < -0.3 is 4.57 Å². The van der Waals surface area contributed by atoms with Gasteiger partial charge in [-0.1, -0.05) is 31.0 Å². The molecule has 7 nitrogen and oxygen atoms in total. The lowest BCUT2D eigenvalue weighted by Crippen LogP contribution is -2.29. The predicted octanol–water partition coefficient (Wildman–Crippen LogP) is 1.96. The Morgan fingerprint density at radius 1 is 1.46 bits per heavy atom. The van der Waals surface area contributed by atoms with Crippen LogP contribution in [0.15, 0.2) is 34.3 Å². The number of aryl methyl sites for hydroxylation is 2. The van der Waals surface area contributed by atoms with Gasteiger partial charge in [-0.05, 0) is 19.4 Å². The molecule has 0 aliphatic heterocycles. The van der Waals surface area contributed by atoms with E-state index < -0.39 is 5.91 Å². The third kappa shape index (κ3) is 4.55. The van der Waals surface area contributed by atoms with Crippen LogP contribution in [-0.4, -0.2) is 26.5 Å². The summed E-state index contributed by atoms with van der Waals surface area (Å²) in [6, 6.07) is 4.70. The Bertz CT molecular complexity index is 794. The number of nitrogens with zero attached hydrogens (tertiary/aromatic N) is 4. The van der Waals surface area contributed by atoms with Gasteiger partial charge in [-0.25, -0.2) is 5.43 Å². The van der Waals surface area contributed by atoms with E-state index >= 15 is 0 Å². The lowest BCUT2D eigenvalue weighted by molar-refractivity contribution is -0.121. The lowest BCUT2D eigenvalue weighted by atomic mass is 10.3. The van der Waals surface area contributed by atoms with Gasteiger partial charge >= 0.3 is 0 Å². The fourth-order valence-corrected chi connectivity index (χ4v) is 2.43. The quantitative estimate of drug-likeness (QED) is 0.612. The number of rotatable bonds is 7. The summed E-state index contributed by atoms with van der Waals surface area (Å²) in [6.45, 7) is 4.58. The molecule has 1 amide bonds. The molecule has 0 aromatic carbocycles. The molecule has 1 N–H and O–H groups in total. The summed E-state index contributed by atoms with van der Waals surface area (Å²) in [5.41, 5.74) is 3.56. The van der Waals surface area contributed by atoms with E-state index in [0.717, 1.165) is 25.1 Å². The van der Waals surface area contributed by atoms with Crippen LogP contribution in [-0.2, 0) is 17.9 Å². The predicted molar refractivity (Wildman–Crippen MR) is 93.3 cm³/mol. The maximum absolute atomic E-state index is 11.8. The van der Waals surface area contributed by atoms with Crippen LogP contribution in [0.2, 0.25) is 5.15 Å². The summed E-state index contributed by atoms with van der Waals surface area (Å²) in [5, 5.41) is 8.76. The molecule has 0 aliphatic carbocycles. The Morgan fingerprint density at radius 2 is 2.25 bits per heavy atom. The van der Waals surface area contributed by atoms with Crippen molar-refractivity contribution in [3.05, 3.63) is 51.2 Å². The molecule has 0 fully saturated rings. The molecular formula is C16H20ClN5O2. The zero-order valence-corrected chi connectivity index (χ0v) is 14.5. The molecule has 0 atom stereocenters. The molecule has 0 spiro atoms. The number of hydrogen-bond acceptors (Lipinski definition) is 4. The summed E-state index contributed by atoms with van der Waals surface area (Å²) in [4.78, 5) is 23.4. The fourth-order valence-electron chi connectivity index (χ4n) is 2.12. The highest BCUT2D eigenvalue weighted by atomic mass is 35.5. The van der Waals surface area contributed by atoms with Gasteiger partial charge in [0.15, 0.2) is 0 Å². The molecule has 0 aliphatic rings. The fraction of sp³-hybridized carbons (Fsp3) is 0.375. The number of pyridine rings is 1. The smallest absolute Gasteiger partial charge is 0.260 e. The molecule has 0 saturated heterocycles. The Hall–Kier alpha value is -2.41. The molecule has 0 saturated carbocycles. The number of hydrazone groups is 1. The normalized spacial score (nSPS) is 11.1. The molecule has 0 radical (unpaired) electrons. The molecule has 0 bridgehead atoms. The number of hydrogen-bond donors (Lipinski definition) is 1. The van der Waals surface area contributed by atoms with Gasteiger partial charge in [0.25, 0.3) is 11.5 Å². The minimum atomic E-state index is -0.397. The second-order valence-corrected chi connectivity index (χ2v) is 5.68. The van der Waals surface area contributed by atoms with E-state index in [4.69, 9.17) is 11.6 Å². The van der Waals surface area contributed by atoms with E-state index in [9.17, 15) is 9.59 Å².